The van der Waals surface area contributed by atoms with Crippen LogP contribution in [-0.2, 0) is 44.8 Å². The summed E-state index contributed by atoms with van der Waals surface area (Å²) in [6, 6.07) is 0. The lowest BCUT2D eigenvalue weighted by atomic mass is 10.1. The smallest absolute Gasteiger partial charge is 0.192 e. The maximum Gasteiger partial charge on any atom is 0.192 e. The van der Waals surface area contributed by atoms with Crippen LogP contribution in [0.2, 0.25) is 0 Å². The Morgan fingerprint density at radius 3 is 2.60 bits per heavy atom. The molecule has 3 rings (SSSR count). The molecule has 10 heteroatoms. The summed E-state index contributed by atoms with van der Waals surface area (Å²) >= 11 is 0. The third-order valence-electron chi connectivity index (χ3n) is 5.54. The van der Waals surface area contributed by atoms with E-state index < -0.39 is 0 Å². The first-order chi connectivity index (χ1) is 14.0. The molecule has 0 aliphatic carbocycles. The summed E-state index contributed by atoms with van der Waals surface area (Å²) in [6.45, 7) is 9.00. The van der Waals surface area contributed by atoms with Gasteiger partial charge in [0.15, 0.2) is 11.8 Å². The second-order valence-corrected chi connectivity index (χ2v) is 7.46. The number of rotatable bonds is 8. The number of guanidine groups is 1. The Morgan fingerprint density at radius 1 is 1.20 bits per heavy atom. The van der Waals surface area contributed by atoms with Crippen LogP contribution >= 0.6 is 24.0 Å². The van der Waals surface area contributed by atoms with Crippen LogP contribution in [0.1, 0.15) is 55.3 Å². The van der Waals surface area contributed by atoms with E-state index in [4.69, 9.17) is 9.73 Å². The normalized spacial score (nSPS) is 16.6. The van der Waals surface area contributed by atoms with E-state index in [1.165, 1.54) is 11.3 Å². The predicted octanol–water partition coefficient (Wildman–Crippen LogP) is 2.01. The van der Waals surface area contributed by atoms with Crippen LogP contribution < -0.4 is 10.6 Å². The highest BCUT2D eigenvalue weighted by Crippen LogP contribution is 2.16. The van der Waals surface area contributed by atoms with E-state index in [0.717, 1.165) is 62.1 Å². The fourth-order valence-electron chi connectivity index (χ4n) is 3.69. The number of aliphatic imine (C=N–C) groups is 1. The third kappa shape index (κ3) is 5.93. The zero-order chi connectivity index (χ0) is 20.8. The molecule has 1 saturated heterocycles. The molecule has 1 fully saturated rings. The van der Waals surface area contributed by atoms with Gasteiger partial charge < -0.3 is 19.9 Å². The topological polar surface area (TPSA) is 94.2 Å². The van der Waals surface area contributed by atoms with E-state index in [2.05, 4.69) is 39.8 Å². The highest BCUT2D eigenvalue weighted by Gasteiger charge is 2.17. The van der Waals surface area contributed by atoms with E-state index >= 15 is 0 Å². The van der Waals surface area contributed by atoms with Crippen LogP contribution in [-0.4, -0.2) is 49.8 Å². The number of hydrogen-bond donors (Lipinski definition) is 2. The Bertz CT molecular complexity index is 838. The highest BCUT2D eigenvalue weighted by molar-refractivity contribution is 14.0. The molecule has 2 aromatic rings. The van der Waals surface area contributed by atoms with Gasteiger partial charge in [-0.1, -0.05) is 13.8 Å². The Labute approximate surface area is 196 Å². The fourth-order valence-corrected chi connectivity index (χ4v) is 3.69. The van der Waals surface area contributed by atoms with Gasteiger partial charge in [0, 0.05) is 38.5 Å². The highest BCUT2D eigenvalue weighted by atomic mass is 127. The Kier molecular flexibility index (Phi) is 9.53. The Balaban J connectivity index is 0.00000320. The van der Waals surface area contributed by atoms with Crippen molar-refractivity contribution in [2.24, 2.45) is 19.1 Å². The van der Waals surface area contributed by atoms with Gasteiger partial charge in [-0.3, -0.25) is 4.68 Å². The lowest BCUT2D eigenvalue weighted by molar-refractivity contribution is 0.113. The minimum Gasteiger partial charge on any atom is -0.376 e. The van der Waals surface area contributed by atoms with Crippen molar-refractivity contribution in [1.82, 2.24) is 35.2 Å². The summed E-state index contributed by atoms with van der Waals surface area (Å²) in [5, 5.41) is 19.9. The van der Waals surface area contributed by atoms with Crippen LogP contribution in [0.15, 0.2) is 4.99 Å². The molecule has 168 valence electrons. The number of nitrogens with zero attached hydrogens (tertiary/aromatic N) is 6. The van der Waals surface area contributed by atoms with Crippen LogP contribution in [0.25, 0.3) is 0 Å². The summed E-state index contributed by atoms with van der Waals surface area (Å²) in [5.41, 5.74) is 3.59. The van der Waals surface area contributed by atoms with Crippen molar-refractivity contribution in [3.63, 3.8) is 0 Å². The third-order valence-corrected chi connectivity index (χ3v) is 5.54. The first kappa shape index (κ1) is 24.6. The molecular weight excluding hydrogens is 495 g/mol. The van der Waals surface area contributed by atoms with E-state index in [1.807, 2.05) is 30.3 Å². The van der Waals surface area contributed by atoms with E-state index in [9.17, 15) is 0 Å². The molecule has 1 unspecified atom stereocenters. The summed E-state index contributed by atoms with van der Waals surface area (Å²) in [7, 11) is 3.98. The van der Waals surface area contributed by atoms with Gasteiger partial charge in [0.25, 0.3) is 0 Å². The second-order valence-electron chi connectivity index (χ2n) is 7.46. The molecule has 0 aromatic carbocycles. The second kappa shape index (κ2) is 11.6. The van der Waals surface area contributed by atoms with Crippen molar-refractivity contribution in [2.45, 2.75) is 65.6 Å². The van der Waals surface area contributed by atoms with Crippen LogP contribution in [0.4, 0.5) is 0 Å². The van der Waals surface area contributed by atoms with E-state index in [0.29, 0.717) is 13.1 Å². The average Bonchev–Trinajstić information content (AvgIpc) is 3.42. The number of halogens is 1. The molecule has 9 nitrogen and oxygen atoms in total. The fraction of sp³-hybridized carbons (Fsp3) is 0.700. The summed E-state index contributed by atoms with van der Waals surface area (Å²) in [5.74, 6) is 2.52. The van der Waals surface area contributed by atoms with Gasteiger partial charge in [0.2, 0.25) is 0 Å². The first-order valence-corrected chi connectivity index (χ1v) is 10.6. The number of ether oxygens (including phenoxy) is 1. The molecule has 1 aliphatic heterocycles. The van der Waals surface area contributed by atoms with Crippen molar-refractivity contribution in [1.29, 1.82) is 0 Å². The monoisotopic (exact) mass is 530 g/mol. The zero-order valence-corrected chi connectivity index (χ0v) is 21.1. The van der Waals surface area contributed by atoms with E-state index in [-0.39, 0.29) is 30.1 Å². The van der Waals surface area contributed by atoms with Crippen molar-refractivity contribution < 1.29 is 4.74 Å². The SMILES string of the molecule is CCc1nn(C)c(CC)c1CN=C(NCc1nnc(C)n1C)NCC1CCCO1.I. The largest absolute Gasteiger partial charge is 0.376 e. The average molecular weight is 530 g/mol. The Hall–Kier alpha value is -1.69. The molecule has 0 radical (unpaired) electrons. The molecule has 1 atom stereocenters. The molecule has 3 heterocycles. The summed E-state index contributed by atoms with van der Waals surface area (Å²) in [6.07, 6.45) is 4.31. The molecule has 0 spiro atoms. The lowest BCUT2D eigenvalue weighted by Crippen LogP contribution is -2.41. The number of hydrogen-bond acceptors (Lipinski definition) is 5. The molecular formula is C20H35IN8O. The van der Waals surface area contributed by atoms with E-state index in [1.54, 1.807) is 0 Å². The minimum atomic E-state index is 0. The van der Waals surface area contributed by atoms with Crippen molar-refractivity contribution in [3.8, 4) is 0 Å². The van der Waals surface area contributed by atoms with Crippen LogP contribution in [0, 0.1) is 6.92 Å². The van der Waals surface area contributed by atoms with Crippen molar-refractivity contribution >= 4 is 29.9 Å². The number of nitrogens with one attached hydrogen (secondary N) is 2. The maximum atomic E-state index is 5.74. The lowest BCUT2D eigenvalue weighted by Gasteiger charge is -2.15. The quantitative estimate of drug-likeness (QED) is 0.308. The van der Waals surface area contributed by atoms with Crippen molar-refractivity contribution in [2.75, 3.05) is 13.2 Å². The van der Waals surface area contributed by atoms with Gasteiger partial charge in [-0.15, -0.1) is 34.2 Å². The van der Waals surface area contributed by atoms with Gasteiger partial charge in [0.05, 0.1) is 24.9 Å². The molecule has 2 N–H and O–H groups in total. The molecule has 30 heavy (non-hydrogen) atoms. The molecule has 1 aliphatic rings. The first-order valence-electron chi connectivity index (χ1n) is 10.6. The molecule has 2 aromatic heterocycles. The van der Waals surface area contributed by atoms with Gasteiger partial charge >= 0.3 is 0 Å². The predicted molar refractivity (Wildman–Crippen MR) is 128 cm³/mol. The summed E-state index contributed by atoms with van der Waals surface area (Å²) < 4.78 is 9.71. The van der Waals surface area contributed by atoms with Gasteiger partial charge in [-0.05, 0) is 32.6 Å². The van der Waals surface area contributed by atoms with Gasteiger partial charge in [-0.2, -0.15) is 5.10 Å². The van der Waals surface area contributed by atoms with Crippen LogP contribution in [0.5, 0.6) is 0 Å². The van der Waals surface area contributed by atoms with Crippen LogP contribution in [0.3, 0.4) is 0 Å². The maximum absolute atomic E-state index is 5.74. The van der Waals surface area contributed by atoms with Gasteiger partial charge in [-0.25, -0.2) is 4.99 Å². The minimum absolute atomic E-state index is 0. The number of aromatic nitrogens is 5. The summed E-state index contributed by atoms with van der Waals surface area (Å²) in [4.78, 5) is 4.87. The zero-order valence-electron chi connectivity index (χ0n) is 18.7. The number of aryl methyl sites for hydroxylation is 3. The molecule has 0 bridgehead atoms. The van der Waals surface area contributed by atoms with Crippen molar-refractivity contribution in [3.05, 3.63) is 28.6 Å². The molecule has 0 saturated carbocycles. The Morgan fingerprint density at radius 2 is 2.00 bits per heavy atom. The standard InChI is InChI=1S/C20H34N8O.HI/c1-6-17-16(18(7-2)28(5)26-17)12-22-20(21-11-15-9-8-10-29-15)23-13-19-25-24-14(3)27(19)4;/h15H,6-13H2,1-5H3,(H2,21,22,23);1H. The molecule has 0 amide bonds. The van der Waals surface area contributed by atoms with Gasteiger partial charge in [0.1, 0.15) is 5.82 Å².